The summed E-state index contributed by atoms with van der Waals surface area (Å²) in [5, 5.41) is 6.22. The number of aromatic amines is 1. The van der Waals surface area contributed by atoms with Gasteiger partial charge in [0.2, 0.25) is 11.8 Å². The molecule has 1 aromatic heterocycles. The fourth-order valence-electron chi connectivity index (χ4n) is 2.22. The number of rotatable bonds is 1. The number of H-pyrrole nitrogens is 1. The van der Waals surface area contributed by atoms with Crippen molar-refractivity contribution in [2.75, 3.05) is 12.3 Å². The van der Waals surface area contributed by atoms with Crippen molar-refractivity contribution < 1.29 is 4.79 Å². The number of amides is 1. The maximum Gasteiger partial charge on any atom is 0.291 e. The Morgan fingerprint density at radius 3 is 2.88 bits per heavy atom. The molecule has 1 amide bonds. The number of nitrogens with zero attached hydrogens (tertiary/aromatic N) is 3. The fourth-order valence-corrected chi connectivity index (χ4v) is 2.22. The van der Waals surface area contributed by atoms with Crippen LogP contribution >= 0.6 is 0 Å². The van der Waals surface area contributed by atoms with Gasteiger partial charge in [-0.3, -0.25) is 9.89 Å². The molecule has 6 nitrogen and oxygen atoms in total. The molecule has 2 unspecified atom stereocenters. The molecule has 3 N–H and O–H groups in total. The van der Waals surface area contributed by atoms with Crippen LogP contribution in [-0.4, -0.2) is 38.6 Å². The molecule has 88 valence electrons. The van der Waals surface area contributed by atoms with Gasteiger partial charge in [-0.15, -0.1) is 5.10 Å². The predicted octanol–water partition coefficient (Wildman–Crippen LogP) is 0.647. The van der Waals surface area contributed by atoms with Crippen LogP contribution in [0.3, 0.4) is 0 Å². The average molecular weight is 223 g/mol. The summed E-state index contributed by atoms with van der Waals surface area (Å²) in [6.45, 7) is 5.06. The van der Waals surface area contributed by atoms with Gasteiger partial charge in [-0.1, -0.05) is 6.92 Å². The molecule has 2 rings (SSSR count). The molecule has 0 saturated carbocycles. The lowest BCUT2D eigenvalue weighted by Gasteiger charge is -2.35. The summed E-state index contributed by atoms with van der Waals surface area (Å²) in [6, 6.07) is 0.252. The van der Waals surface area contributed by atoms with Crippen molar-refractivity contribution >= 4 is 11.9 Å². The summed E-state index contributed by atoms with van der Waals surface area (Å²) in [6.07, 6.45) is 2.08. The number of anilines is 1. The Morgan fingerprint density at radius 2 is 2.31 bits per heavy atom. The van der Waals surface area contributed by atoms with Gasteiger partial charge < -0.3 is 10.6 Å². The molecule has 0 aliphatic carbocycles. The number of carbonyl (C=O) groups excluding carboxylic acids is 1. The number of nitrogens with two attached hydrogens (primary N) is 1. The quantitative estimate of drug-likeness (QED) is 0.731. The van der Waals surface area contributed by atoms with E-state index in [1.165, 1.54) is 0 Å². The molecular weight excluding hydrogens is 206 g/mol. The van der Waals surface area contributed by atoms with Gasteiger partial charge in [0.05, 0.1) is 0 Å². The maximum absolute atomic E-state index is 12.1. The Labute approximate surface area is 94.2 Å². The second kappa shape index (κ2) is 4.11. The molecule has 2 atom stereocenters. The first-order chi connectivity index (χ1) is 7.58. The summed E-state index contributed by atoms with van der Waals surface area (Å²) in [7, 11) is 0. The third kappa shape index (κ3) is 2.00. The van der Waals surface area contributed by atoms with E-state index in [4.69, 9.17) is 5.73 Å². The molecule has 16 heavy (non-hydrogen) atoms. The highest BCUT2D eigenvalue weighted by Gasteiger charge is 2.28. The first-order valence-corrected chi connectivity index (χ1v) is 5.56. The zero-order valence-corrected chi connectivity index (χ0v) is 9.60. The van der Waals surface area contributed by atoms with Gasteiger partial charge in [-0.2, -0.15) is 4.98 Å². The summed E-state index contributed by atoms with van der Waals surface area (Å²) in [4.78, 5) is 17.8. The lowest BCUT2D eigenvalue weighted by molar-refractivity contribution is 0.0576. The van der Waals surface area contributed by atoms with Crippen LogP contribution in [0.4, 0.5) is 5.95 Å². The zero-order valence-electron chi connectivity index (χ0n) is 9.60. The van der Waals surface area contributed by atoms with E-state index in [0.717, 1.165) is 19.4 Å². The minimum atomic E-state index is -0.108. The van der Waals surface area contributed by atoms with Gasteiger partial charge in [0, 0.05) is 12.6 Å². The molecule has 1 saturated heterocycles. The monoisotopic (exact) mass is 223 g/mol. The molecule has 0 spiro atoms. The predicted molar refractivity (Wildman–Crippen MR) is 59.7 cm³/mol. The van der Waals surface area contributed by atoms with E-state index in [2.05, 4.69) is 29.0 Å². The van der Waals surface area contributed by atoms with Gasteiger partial charge in [0.25, 0.3) is 5.91 Å². The molecule has 1 fully saturated rings. The SMILES string of the molecule is CC1CCN(C(=O)c2nc(N)n[nH]2)C(C)C1. The van der Waals surface area contributed by atoms with Gasteiger partial charge in [0.1, 0.15) is 0 Å². The van der Waals surface area contributed by atoms with Gasteiger partial charge in [-0.25, -0.2) is 0 Å². The van der Waals surface area contributed by atoms with Gasteiger partial charge >= 0.3 is 0 Å². The van der Waals surface area contributed by atoms with Crippen molar-refractivity contribution in [2.24, 2.45) is 5.92 Å². The van der Waals surface area contributed by atoms with E-state index < -0.39 is 0 Å². The molecule has 1 aliphatic rings. The Hall–Kier alpha value is -1.59. The minimum absolute atomic E-state index is 0.108. The highest BCUT2D eigenvalue weighted by Crippen LogP contribution is 2.23. The first-order valence-electron chi connectivity index (χ1n) is 5.56. The van der Waals surface area contributed by atoms with E-state index in [1.807, 2.05) is 4.90 Å². The van der Waals surface area contributed by atoms with Crippen molar-refractivity contribution in [1.29, 1.82) is 0 Å². The smallest absolute Gasteiger partial charge is 0.291 e. The largest absolute Gasteiger partial charge is 0.366 e. The third-order valence-electron chi connectivity index (χ3n) is 3.10. The summed E-state index contributed by atoms with van der Waals surface area (Å²) < 4.78 is 0. The molecule has 0 aromatic carbocycles. The molecule has 1 aliphatic heterocycles. The van der Waals surface area contributed by atoms with Crippen LogP contribution in [0, 0.1) is 5.92 Å². The molecule has 2 heterocycles. The molecule has 6 heteroatoms. The first kappa shape index (κ1) is 10.9. The lowest BCUT2D eigenvalue weighted by atomic mass is 9.93. The van der Waals surface area contributed by atoms with Crippen LogP contribution in [0.2, 0.25) is 0 Å². The van der Waals surface area contributed by atoms with Crippen molar-refractivity contribution in [2.45, 2.75) is 32.7 Å². The Kier molecular flexibility index (Phi) is 2.80. The maximum atomic E-state index is 12.1. The number of nitrogen functional groups attached to an aromatic ring is 1. The average Bonchev–Trinajstić information content (AvgIpc) is 2.64. The van der Waals surface area contributed by atoms with E-state index in [9.17, 15) is 4.79 Å². The molecule has 0 radical (unpaired) electrons. The van der Waals surface area contributed by atoms with Crippen LogP contribution in [0.1, 0.15) is 37.3 Å². The van der Waals surface area contributed by atoms with E-state index >= 15 is 0 Å². The van der Waals surface area contributed by atoms with Crippen molar-refractivity contribution in [3.05, 3.63) is 5.82 Å². The highest BCUT2D eigenvalue weighted by atomic mass is 16.2. The normalized spacial score (nSPS) is 25.8. The molecular formula is C10H17N5O. The van der Waals surface area contributed by atoms with Gasteiger partial charge in [-0.05, 0) is 25.7 Å². The van der Waals surface area contributed by atoms with Crippen molar-refractivity contribution in [3.63, 3.8) is 0 Å². The number of hydrogen-bond donors (Lipinski definition) is 2. The summed E-state index contributed by atoms with van der Waals surface area (Å²) in [5.74, 6) is 0.919. The molecule has 1 aromatic rings. The van der Waals surface area contributed by atoms with Crippen molar-refractivity contribution in [3.8, 4) is 0 Å². The third-order valence-corrected chi connectivity index (χ3v) is 3.10. The minimum Gasteiger partial charge on any atom is -0.366 e. The number of nitrogens with one attached hydrogen (secondary N) is 1. The van der Waals surface area contributed by atoms with Gasteiger partial charge in [0.15, 0.2) is 0 Å². The van der Waals surface area contributed by atoms with E-state index in [-0.39, 0.29) is 23.7 Å². The second-order valence-electron chi connectivity index (χ2n) is 4.52. The zero-order chi connectivity index (χ0) is 11.7. The number of piperidine rings is 1. The number of likely N-dealkylation sites (tertiary alicyclic amines) is 1. The van der Waals surface area contributed by atoms with Crippen LogP contribution in [0.25, 0.3) is 0 Å². The number of carbonyl (C=O) groups is 1. The lowest BCUT2D eigenvalue weighted by Crippen LogP contribution is -2.44. The molecule has 0 bridgehead atoms. The van der Waals surface area contributed by atoms with E-state index in [0.29, 0.717) is 5.92 Å². The van der Waals surface area contributed by atoms with Crippen LogP contribution in [-0.2, 0) is 0 Å². The fraction of sp³-hybridized carbons (Fsp3) is 0.700. The van der Waals surface area contributed by atoms with Crippen LogP contribution in [0.15, 0.2) is 0 Å². The summed E-state index contributed by atoms with van der Waals surface area (Å²) in [5.41, 5.74) is 5.38. The number of aromatic nitrogens is 3. The second-order valence-corrected chi connectivity index (χ2v) is 4.52. The standard InChI is InChI=1S/C10H17N5O/c1-6-3-4-15(7(2)5-6)9(16)8-12-10(11)14-13-8/h6-7H,3-5H2,1-2H3,(H3,11,12,13,14). The van der Waals surface area contributed by atoms with Crippen LogP contribution in [0.5, 0.6) is 0 Å². The Morgan fingerprint density at radius 1 is 1.56 bits per heavy atom. The van der Waals surface area contributed by atoms with Crippen molar-refractivity contribution in [1.82, 2.24) is 20.1 Å². The van der Waals surface area contributed by atoms with E-state index in [1.54, 1.807) is 0 Å². The number of hydrogen-bond acceptors (Lipinski definition) is 4. The Bertz CT molecular complexity index is 388. The topological polar surface area (TPSA) is 87.9 Å². The summed E-state index contributed by atoms with van der Waals surface area (Å²) >= 11 is 0. The van der Waals surface area contributed by atoms with Crippen LogP contribution < -0.4 is 5.73 Å². The Balaban J connectivity index is 2.10. The highest BCUT2D eigenvalue weighted by molar-refractivity contribution is 5.90.